The van der Waals surface area contributed by atoms with Gasteiger partial charge in [-0.25, -0.2) is 15.0 Å². The van der Waals surface area contributed by atoms with Crippen molar-refractivity contribution in [2.45, 2.75) is 24.9 Å². The van der Waals surface area contributed by atoms with Crippen molar-refractivity contribution in [2.75, 3.05) is 32.1 Å². The van der Waals surface area contributed by atoms with E-state index >= 15 is 0 Å². The van der Waals surface area contributed by atoms with Crippen LogP contribution >= 0.6 is 0 Å². The Morgan fingerprint density at radius 2 is 2.27 bits per heavy atom. The quantitative estimate of drug-likeness (QED) is 0.838. The standard InChI is InChI=1S/C14H20N6O2/c1-19(2)10(21)6-14(22)4-3-5-20(7-14)13-11-12(16-8-15-11)17-9-18-13/h8-9,22H,3-7H2,1-2H3,(H,15,16,17,18). The molecule has 1 aliphatic rings. The Balaban J connectivity index is 1.84. The Morgan fingerprint density at radius 3 is 3.05 bits per heavy atom. The van der Waals surface area contributed by atoms with Crippen molar-refractivity contribution in [2.24, 2.45) is 0 Å². The van der Waals surface area contributed by atoms with E-state index in [4.69, 9.17) is 0 Å². The summed E-state index contributed by atoms with van der Waals surface area (Å²) >= 11 is 0. The van der Waals surface area contributed by atoms with Crippen LogP contribution in [0.4, 0.5) is 5.82 Å². The van der Waals surface area contributed by atoms with Crippen LogP contribution in [0, 0.1) is 0 Å². The lowest BCUT2D eigenvalue weighted by Gasteiger charge is -2.39. The van der Waals surface area contributed by atoms with Crippen LogP contribution in [0.3, 0.4) is 0 Å². The number of aromatic nitrogens is 4. The van der Waals surface area contributed by atoms with E-state index in [9.17, 15) is 9.90 Å². The lowest BCUT2D eigenvalue weighted by atomic mass is 9.89. The van der Waals surface area contributed by atoms with E-state index in [2.05, 4.69) is 19.9 Å². The number of aliphatic hydroxyl groups is 1. The highest BCUT2D eigenvalue weighted by molar-refractivity contribution is 5.83. The molecule has 1 aliphatic heterocycles. The first-order valence-electron chi connectivity index (χ1n) is 7.30. The number of aromatic amines is 1. The number of amides is 1. The van der Waals surface area contributed by atoms with Gasteiger partial charge in [-0.2, -0.15) is 0 Å². The van der Waals surface area contributed by atoms with Gasteiger partial charge in [-0.15, -0.1) is 0 Å². The molecule has 2 N–H and O–H groups in total. The first-order valence-corrected chi connectivity index (χ1v) is 7.30. The van der Waals surface area contributed by atoms with E-state index < -0.39 is 5.60 Å². The van der Waals surface area contributed by atoms with Gasteiger partial charge in [0.2, 0.25) is 5.91 Å². The summed E-state index contributed by atoms with van der Waals surface area (Å²) in [5.74, 6) is 0.650. The molecule has 1 amide bonds. The molecule has 8 heteroatoms. The highest BCUT2D eigenvalue weighted by atomic mass is 16.3. The molecule has 0 radical (unpaired) electrons. The van der Waals surface area contributed by atoms with Gasteiger partial charge >= 0.3 is 0 Å². The number of nitrogens with one attached hydrogen (secondary N) is 1. The van der Waals surface area contributed by atoms with Crippen molar-refractivity contribution in [3.63, 3.8) is 0 Å². The normalized spacial score (nSPS) is 22.0. The fraction of sp³-hybridized carbons (Fsp3) is 0.571. The van der Waals surface area contributed by atoms with Gasteiger partial charge in [0.15, 0.2) is 11.5 Å². The second kappa shape index (κ2) is 5.53. The third-order valence-corrected chi connectivity index (χ3v) is 4.04. The number of H-pyrrole nitrogens is 1. The molecule has 2 aromatic rings. The summed E-state index contributed by atoms with van der Waals surface area (Å²) in [7, 11) is 3.40. The van der Waals surface area contributed by atoms with Gasteiger partial charge in [-0.1, -0.05) is 0 Å². The minimum absolute atomic E-state index is 0.0706. The van der Waals surface area contributed by atoms with Gasteiger partial charge in [0.1, 0.15) is 11.8 Å². The van der Waals surface area contributed by atoms with Crippen molar-refractivity contribution < 1.29 is 9.90 Å². The number of β-amino-alcohol motifs (C(OH)–C–C–N with tert-alkyl or cyclic N) is 1. The van der Waals surface area contributed by atoms with Crippen LogP contribution in [0.1, 0.15) is 19.3 Å². The molecule has 22 heavy (non-hydrogen) atoms. The van der Waals surface area contributed by atoms with Gasteiger partial charge in [-0.05, 0) is 12.8 Å². The summed E-state index contributed by atoms with van der Waals surface area (Å²) in [5, 5.41) is 10.8. The molecule has 3 heterocycles. The smallest absolute Gasteiger partial charge is 0.225 e. The topological polar surface area (TPSA) is 98.2 Å². The highest BCUT2D eigenvalue weighted by Crippen LogP contribution is 2.30. The Hall–Kier alpha value is -2.22. The molecule has 0 aliphatic carbocycles. The van der Waals surface area contributed by atoms with E-state index in [1.54, 1.807) is 20.4 Å². The van der Waals surface area contributed by atoms with E-state index in [1.807, 2.05) is 4.90 Å². The minimum Gasteiger partial charge on any atom is -0.388 e. The SMILES string of the molecule is CN(C)C(=O)CC1(O)CCCN(c2ncnc3nc[nH]c23)C1. The van der Waals surface area contributed by atoms with Gasteiger partial charge in [0.25, 0.3) is 0 Å². The Bertz CT molecular complexity index is 685. The lowest BCUT2D eigenvalue weighted by Crippen LogP contribution is -2.50. The predicted octanol–water partition coefficient (Wildman–Crippen LogP) is 0.162. The number of hydrogen-bond acceptors (Lipinski definition) is 6. The molecular formula is C14H20N6O2. The number of imidazole rings is 1. The molecule has 3 rings (SSSR count). The molecule has 118 valence electrons. The van der Waals surface area contributed by atoms with Crippen LogP contribution < -0.4 is 4.90 Å². The second-order valence-corrected chi connectivity index (χ2v) is 6.01. The maximum atomic E-state index is 11.9. The molecule has 0 spiro atoms. The van der Waals surface area contributed by atoms with Crippen LogP contribution in [0.5, 0.6) is 0 Å². The molecule has 0 saturated carbocycles. The number of carbonyl (C=O) groups is 1. The third kappa shape index (κ3) is 2.74. The summed E-state index contributed by atoms with van der Waals surface area (Å²) in [5.41, 5.74) is 0.325. The molecule has 1 saturated heterocycles. The molecule has 0 aromatic carbocycles. The summed E-state index contributed by atoms with van der Waals surface area (Å²) < 4.78 is 0. The molecule has 2 aromatic heterocycles. The first-order chi connectivity index (χ1) is 10.5. The zero-order valence-electron chi connectivity index (χ0n) is 12.8. The third-order valence-electron chi connectivity index (χ3n) is 4.04. The maximum Gasteiger partial charge on any atom is 0.225 e. The summed E-state index contributed by atoms with van der Waals surface area (Å²) in [6.45, 7) is 1.15. The van der Waals surface area contributed by atoms with Crippen LogP contribution in [0.15, 0.2) is 12.7 Å². The summed E-state index contributed by atoms with van der Waals surface area (Å²) in [6.07, 6.45) is 4.58. The van der Waals surface area contributed by atoms with Gasteiger partial charge in [-0.3, -0.25) is 4.79 Å². The average Bonchev–Trinajstić information content (AvgIpc) is 2.94. The van der Waals surface area contributed by atoms with E-state index in [1.165, 1.54) is 11.2 Å². The molecule has 1 fully saturated rings. The van der Waals surface area contributed by atoms with Crippen molar-refractivity contribution >= 4 is 22.9 Å². The number of hydrogen-bond donors (Lipinski definition) is 2. The van der Waals surface area contributed by atoms with E-state index in [-0.39, 0.29) is 12.3 Å². The number of anilines is 1. The fourth-order valence-corrected chi connectivity index (χ4v) is 2.87. The molecule has 0 bridgehead atoms. The van der Waals surface area contributed by atoms with Crippen LogP contribution in [-0.4, -0.2) is 68.6 Å². The summed E-state index contributed by atoms with van der Waals surface area (Å²) in [6, 6.07) is 0. The maximum absolute atomic E-state index is 11.9. The van der Waals surface area contributed by atoms with Crippen molar-refractivity contribution in [3.05, 3.63) is 12.7 Å². The number of carbonyl (C=O) groups excluding carboxylic acids is 1. The van der Waals surface area contributed by atoms with Crippen molar-refractivity contribution in [1.29, 1.82) is 0 Å². The Kier molecular flexibility index (Phi) is 3.69. The van der Waals surface area contributed by atoms with Crippen molar-refractivity contribution in [3.8, 4) is 0 Å². The largest absolute Gasteiger partial charge is 0.388 e. The fourth-order valence-electron chi connectivity index (χ4n) is 2.87. The zero-order valence-corrected chi connectivity index (χ0v) is 12.8. The average molecular weight is 304 g/mol. The first kappa shape index (κ1) is 14.7. The van der Waals surface area contributed by atoms with E-state index in [0.29, 0.717) is 18.6 Å². The van der Waals surface area contributed by atoms with E-state index in [0.717, 1.165) is 24.3 Å². The molecule has 8 nitrogen and oxygen atoms in total. The van der Waals surface area contributed by atoms with Gasteiger partial charge in [0.05, 0.1) is 18.3 Å². The Morgan fingerprint density at radius 1 is 1.45 bits per heavy atom. The number of fused-ring (bicyclic) bond motifs is 1. The van der Waals surface area contributed by atoms with Crippen LogP contribution in [0.25, 0.3) is 11.2 Å². The highest BCUT2D eigenvalue weighted by Gasteiger charge is 2.36. The molecule has 1 atom stereocenters. The predicted molar refractivity (Wildman–Crippen MR) is 81.4 cm³/mol. The number of rotatable bonds is 3. The van der Waals surface area contributed by atoms with Crippen LogP contribution in [-0.2, 0) is 4.79 Å². The van der Waals surface area contributed by atoms with Gasteiger partial charge < -0.3 is 19.9 Å². The Labute approximate surface area is 128 Å². The second-order valence-electron chi connectivity index (χ2n) is 6.01. The molecule has 1 unspecified atom stereocenters. The summed E-state index contributed by atoms with van der Waals surface area (Å²) in [4.78, 5) is 31.0. The minimum atomic E-state index is -1.03. The van der Waals surface area contributed by atoms with Gasteiger partial charge in [0, 0.05) is 27.2 Å². The number of piperidine rings is 1. The zero-order chi connectivity index (χ0) is 15.7. The monoisotopic (exact) mass is 304 g/mol. The lowest BCUT2D eigenvalue weighted by molar-refractivity contribution is -0.134. The number of nitrogens with zero attached hydrogens (tertiary/aromatic N) is 5. The molecular weight excluding hydrogens is 284 g/mol. The van der Waals surface area contributed by atoms with Crippen LogP contribution in [0.2, 0.25) is 0 Å². The van der Waals surface area contributed by atoms with Crippen molar-refractivity contribution in [1.82, 2.24) is 24.8 Å².